The molecule has 0 aliphatic heterocycles. The van der Waals surface area contributed by atoms with Crippen LogP contribution in [0.2, 0.25) is 0 Å². The maximum absolute atomic E-state index is 6.18. The molecule has 0 unspecified atom stereocenters. The van der Waals surface area contributed by atoms with Crippen LogP contribution >= 0.6 is 0 Å². The van der Waals surface area contributed by atoms with Crippen molar-refractivity contribution in [2.75, 3.05) is 0 Å². The summed E-state index contributed by atoms with van der Waals surface area (Å²) in [5, 5.41) is 0. The molecule has 2 N–H and O–H groups in total. The van der Waals surface area contributed by atoms with Crippen molar-refractivity contribution in [3.63, 3.8) is 0 Å². The third-order valence-electron chi connectivity index (χ3n) is 3.82. The van der Waals surface area contributed by atoms with Gasteiger partial charge in [-0.15, -0.1) is 0 Å². The minimum atomic E-state index is 0.488. The molecule has 1 aliphatic rings. The van der Waals surface area contributed by atoms with E-state index in [9.17, 15) is 0 Å². The number of nitrogens with two attached hydrogens (primary N) is 1. The van der Waals surface area contributed by atoms with Crippen LogP contribution in [0.5, 0.6) is 0 Å². The van der Waals surface area contributed by atoms with E-state index >= 15 is 0 Å². The molecule has 0 aromatic rings. The van der Waals surface area contributed by atoms with E-state index in [0.717, 1.165) is 11.8 Å². The molecule has 1 heteroatoms. The van der Waals surface area contributed by atoms with E-state index in [-0.39, 0.29) is 0 Å². The first-order valence-electron chi connectivity index (χ1n) is 6.53. The largest absolute Gasteiger partial charge is 0.327 e. The van der Waals surface area contributed by atoms with Gasteiger partial charge in [0.25, 0.3) is 0 Å². The van der Waals surface area contributed by atoms with E-state index in [2.05, 4.69) is 13.8 Å². The lowest BCUT2D eigenvalue weighted by Crippen LogP contribution is -2.32. The van der Waals surface area contributed by atoms with Crippen molar-refractivity contribution in [2.45, 2.75) is 71.3 Å². The zero-order valence-electron chi connectivity index (χ0n) is 9.97. The summed E-state index contributed by atoms with van der Waals surface area (Å²) < 4.78 is 0. The first kappa shape index (κ1) is 12.0. The van der Waals surface area contributed by atoms with Crippen LogP contribution in [0.3, 0.4) is 0 Å². The third-order valence-corrected chi connectivity index (χ3v) is 3.82. The predicted molar refractivity (Wildman–Crippen MR) is 63.2 cm³/mol. The molecule has 0 amide bonds. The molecule has 0 bridgehead atoms. The maximum Gasteiger partial charge on any atom is 0.00670 e. The van der Waals surface area contributed by atoms with Gasteiger partial charge in [0.15, 0.2) is 0 Å². The standard InChI is InChI=1S/C13H27N/c1-3-5-11-7-9-12(10-8-11)13(14)6-4-2/h11-13H,3-10,14H2,1-2H3/t11?,12?,13-/m1/s1. The van der Waals surface area contributed by atoms with Crippen LogP contribution in [-0.2, 0) is 0 Å². The highest BCUT2D eigenvalue weighted by Crippen LogP contribution is 2.33. The zero-order chi connectivity index (χ0) is 10.4. The smallest absolute Gasteiger partial charge is 0.00670 e. The van der Waals surface area contributed by atoms with Gasteiger partial charge in [0.2, 0.25) is 0 Å². The van der Waals surface area contributed by atoms with Gasteiger partial charge >= 0.3 is 0 Å². The van der Waals surface area contributed by atoms with Gasteiger partial charge in [-0.3, -0.25) is 0 Å². The second kappa shape index (κ2) is 6.44. The second-order valence-electron chi connectivity index (χ2n) is 5.02. The van der Waals surface area contributed by atoms with Crippen LogP contribution in [-0.4, -0.2) is 6.04 Å². The number of rotatable bonds is 5. The third kappa shape index (κ3) is 3.61. The maximum atomic E-state index is 6.18. The Morgan fingerprint density at radius 3 is 2.21 bits per heavy atom. The molecule has 1 atom stereocenters. The highest BCUT2D eigenvalue weighted by Gasteiger charge is 2.24. The molecule has 1 nitrogen and oxygen atoms in total. The molecule has 0 aromatic carbocycles. The highest BCUT2D eigenvalue weighted by molar-refractivity contribution is 4.79. The molecule has 0 aromatic heterocycles. The van der Waals surface area contributed by atoms with Gasteiger partial charge < -0.3 is 5.73 Å². The van der Waals surface area contributed by atoms with E-state index < -0.39 is 0 Å². The molecule has 84 valence electrons. The normalized spacial score (nSPS) is 30.2. The van der Waals surface area contributed by atoms with Crippen LogP contribution in [0.25, 0.3) is 0 Å². The van der Waals surface area contributed by atoms with Gasteiger partial charge in [-0.25, -0.2) is 0 Å². The lowest BCUT2D eigenvalue weighted by Gasteiger charge is -2.32. The molecule has 1 saturated carbocycles. The molecule has 1 rings (SSSR count). The Morgan fingerprint density at radius 1 is 1.07 bits per heavy atom. The Hall–Kier alpha value is -0.0400. The fraction of sp³-hybridized carbons (Fsp3) is 1.00. The number of hydrogen-bond acceptors (Lipinski definition) is 1. The van der Waals surface area contributed by atoms with Crippen molar-refractivity contribution in [3.05, 3.63) is 0 Å². The summed E-state index contributed by atoms with van der Waals surface area (Å²) in [7, 11) is 0. The Labute approximate surface area is 89.5 Å². The van der Waals surface area contributed by atoms with Crippen molar-refractivity contribution in [3.8, 4) is 0 Å². The highest BCUT2D eigenvalue weighted by atomic mass is 14.6. The van der Waals surface area contributed by atoms with Crippen LogP contribution in [0.1, 0.15) is 65.2 Å². The van der Waals surface area contributed by atoms with Crippen molar-refractivity contribution in [1.29, 1.82) is 0 Å². The number of hydrogen-bond donors (Lipinski definition) is 1. The lowest BCUT2D eigenvalue weighted by molar-refractivity contribution is 0.227. The predicted octanol–water partition coefficient (Wildman–Crippen LogP) is 3.72. The molecule has 0 saturated heterocycles. The molecular weight excluding hydrogens is 170 g/mol. The Bertz CT molecular complexity index is 136. The quantitative estimate of drug-likeness (QED) is 0.714. The summed E-state index contributed by atoms with van der Waals surface area (Å²) in [6.07, 6.45) is 10.9. The van der Waals surface area contributed by atoms with E-state index in [1.807, 2.05) is 0 Å². The molecule has 0 spiro atoms. The summed E-state index contributed by atoms with van der Waals surface area (Å²) in [5.41, 5.74) is 6.18. The molecule has 0 heterocycles. The fourth-order valence-electron chi connectivity index (χ4n) is 2.88. The minimum absolute atomic E-state index is 0.488. The van der Waals surface area contributed by atoms with Crippen molar-refractivity contribution in [1.82, 2.24) is 0 Å². The van der Waals surface area contributed by atoms with Crippen LogP contribution < -0.4 is 5.73 Å². The topological polar surface area (TPSA) is 26.0 Å². The summed E-state index contributed by atoms with van der Waals surface area (Å²) in [6.45, 7) is 4.54. The lowest BCUT2D eigenvalue weighted by atomic mass is 9.76. The molecule has 1 fully saturated rings. The summed E-state index contributed by atoms with van der Waals surface area (Å²) in [6, 6.07) is 0.488. The zero-order valence-corrected chi connectivity index (χ0v) is 9.97. The van der Waals surface area contributed by atoms with Crippen LogP contribution in [0, 0.1) is 11.8 Å². The van der Waals surface area contributed by atoms with Crippen LogP contribution in [0.15, 0.2) is 0 Å². The molecular formula is C13H27N. The fourth-order valence-corrected chi connectivity index (χ4v) is 2.88. The Kier molecular flexibility index (Phi) is 5.54. The van der Waals surface area contributed by atoms with E-state index in [4.69, 9.17) is 5.73 Å². The Balaban J connectivity index is 2.21. The van der Waals surface area contributed by atoms with Crippen molar-refractivity contribution >= 4 is 0 Å². The summed E-state index contributed by atoms with van der Waals surface area (Å²) >= 11 is 0. The molecule has 14 heavy (non-hydrogen) atoms. The van der Waals surface area contributed by atoms with E-state index in [1.165, 1.54) is 51.4 Å². The van der Waals surface area contributed by atoms with Gasteiger partial charge in [-0.2, -0.15) is 0 Å². The first-order chi connectivity index (χ1) is 6.77. The Morgan fingerprint density at radius 2 is 1.71 bits per heavy atom. The van der Waals surface area contributed by atoms with Gasteiger partial charge in [-0.05, 0) is 31.1 Å². The molecule has 1 aliphatic carbocycles. The van der Waals surface area contributed by atoms with Gasteiger partial charge in [0.1, 0.15) is 0 Å². The van der Waals surface area contributed by atoms with E-state index in [0.29, 0.717) is 6.04 Å². The average Bonchev–Trinajstić information content (AvgIpc) is 2.20. The minimum Gasteiger partial charge on any atom is -0.327 e. The average molecular weight is 197 g/mol. The summed E-state index contributed by atoms with van der Waals surface area (Å²) in [5.74, 6) is 1.85. The monoisotopic (exact) mass is 197 g/mol. The van der Waals surface area contributed by atoms with Crippen LogP contribution in [0.4, 0.5) is 0 Å². The van der Waals surface area contributed by atoms with Crippen molar-refractivity contribution in [2.24, 2.45) is 17.6 Å². The second-order valence-corrected chi connectivity index (χ2v) is 5.02. The molecule has 0 radical (unpaired) electrons. The van der Waals surface area contributed by atoms with Gasteiger partial charge in [-0.1, -0.05) is 46.0 Å². The van der Waals surface area contributed by atoms with Gasteiger partial charge in [0, 0.05) is 6.04 Å². The SMILES string of the molecule is CCCC1CCC([C@H](N)CCC)CC1. The first-order valence-corrected chi connectivity index (χ1v) is 6.53. The van der Waals surface area contributed by atoms with E-state index in [1.54, 1.807) is 0 Å². The van der Waals surface area contributed by atoms with Gasteiger partial charge in [0.05, 0.1) is 0 Å². The van der Waals surface area contributed by atoms with Crippen molar-refractivity contribution < 1.29 is 0 Å². The summed E-state index contributed by atoms with van der Waals surface area (Å²) in [4.78, 5) is 0.